The first-order valence-electron chi connectivity index (χ1n) is 10.7. The highest BCUT2D eigenvalue weighted by Crippen LogP contribution is 2.34. The molecule has 1 aromatic carbocycles. The van der Waals surface area contributed by atoms with Crippen LogP contribution >= 0.6 is 0 Å². The van der Waals surface area contributed by atoms with Crippen molar-refractivity contribution in [3.05, 3.63) is 30.7 Å². The standard InChI is InChI=1S/C22H28N6O2/c1-14(16-9-22(29)24-10-16)30-21-8-15(7-20-19(21)13-27(2)26-20)17-11-25-28(12-17)18-3-5-23-6-4-18/h7-8,11-14,16,18,23H,3-6,9-10H2,1-2H3,(H,24,29)/t14?,16-/m1/s1. The minimum Gasteiger partial charge on any atom is -0.490 e. The number of benzene rings is 1. The van der Waals surface area contributed by atoms with Crippen LogP contribution in [0.25, 0.3) is 22.0 Å². The molecular formula is C22H28N6O2. The highest BCUT2D eigenvalue weighted by molar-refractivity contribution is 5.89. The minimum atomic E-state index is -0.0694. The lowest BCUT2D eigenvalue weighted by molar-refractivity contribution is -0.119. The number of hydrogen-bond acceptors (Lipinski definition) is 5. The van der Waals surface area contributed by atoms with Gasteiger partial charge in [-0.2, -0.15) is 10.2 Å². The van der Waals surface area contributed by atoms with E-state index < -0.39 is 0 Å². The fourth-order valence-corrected chi connectivity index (χ4v) is 4.49. The molecule has 2 aliphatic heterocycles. The van der Waals surface area contributed by atoms with Crippen LogP contribution in [0, 0.1) is 5.92 Å². The number of nitrogens with one attached hydrogen (secondary N) is 2. The Morgan fingerprint density at radius 3 is 2.80 bits per heavy atom. The third-order valence-electron chi connectivity index (χ3n) is 6.30. The minimum absolute atomic E-state index is 0.0694. The monoisotopic (exact) mass is 408 g/mol. The quantitative estimate of drug-likeness (QED) is 0.676. The lowest BCUT2D eigenvalue weighted by atomic mass is 10.0. The zero-order valence-electron chi connectivity index (χ0n) is 17.5. The summed E-state index contributed by atoms with van der Waals surface area (Å²) in [5.41, 5.74) is 3.01. The van der Waals surface area contributed by atoms with E-state index >= 15 is 0 Å². The summed E-state index contributed by atoms with van der Waals surface area (Å²) in [6, 6.07) is 4.62. The van der Waals surface area contributed by atoms with Crippen LogP contribution in [0.4, 0.5) is 0 Å². The summed E-state index contributed by atoms with van der Waals surface area (Å²) in [5.74, 6) is 1.08. The molecule has 2 atom stereocenters. The van der Waals surface area contributed by atoms with Gasteiger partial charge < -0.3 is 15.4 Å². The van der Waals surface area contributed by atoms with E-state index in [4.69, 9.17) is 4.74 Å². The van der Waals surface area contributed by atoms with Gasteiger partial charge in [0.15, 0.2) is 0 Å². The maximum absolute atomic E-state index is 11.6. The van der Waals surface area contributed by atoms with Gasteiger partial charge in [-0.05, 0) is 50.6 Å². The molecular weight excluding hydrogens is 380 g/mol. The van der Waals surface area contributed by atoms with E-state index in [9.17, 15) is 4.79 Å². The van der Waals surface area contributed by atoms with Crippen molar-refractivity contribution in [2.75, 3.05) is 19.6 Å². The molecule has 5 rings (SSSR count). The van der Waals surface area contributed by atoms with E-state index in [-0.39, 0.29) is 17.9 Å². The van der Waals surface area contributed by atoms with Gasteiger partial charge in [-0.3, -0.25) is 14.2 Å². The molecule has 2 saturated heterocycles. The van der Waals surface area contributed by atoms with Crippen molar-refractivity contribution in [2.45, 2.75) is 38.3 Å². The number of aromatic nitrogens is 4. The van der Waals surface area contributed by atoms with Gasteiger partial charge in [0.25, 0.3) is 0 Å². The molecule has 2 aromatic heterocycles. The van der Waals surface area contributed by atoms with Crippen molar-refractivity contribution in [1.29, 1.82) is 0 Å². The van der Waals surface area contributed by atoms with Gasteiger partial charge in [-0.1, -0.05) is 0 Å². The fourth-order valence-electron chi connectivity index (χ4n) is 4.49. The van der Waals surface area contributed by atoms with Crippen molar-refractivity contribution in [2.24, 2.45) is 13.0 Å². The zero-order valence-corrected chi connectivity index (χ0v) is 17.5. The third kappa shape index (κ3) is 3.67. The molecule has 3 aromatic rings. The number of nitrogens with zero attached hydrogens (tertiary/aromatic N) is 4. The van der Waals surface area contributed by atoms with Gasteiger partial charge in [0, 0.05) is 43.9 Å². The summed E-state index contributed by atoms with van der Waals surface area (Å²) < 4.78 is 10.3. The molecule has 2 N–H and O–H groups in total. The first-order valence-corrected chi connectivity index (χ1v) is 10.7. The normalized spacial score (nSPS) is 21.1. The van der Waals surface area contributed by atoms with Crippen molar-refractivity contribution >= 4 is 16.8 Å². The number of hydrogen-bond donors (Lipinski definition) is 2. The molecule has 8 heteroatoms. The number of piperidine rings is 1. The Morgan fingerprint density at radius 2 is 2.03 bits per heavy atom. The smallest absolute Gasteiger partial charge is 0.220 e. The fraction of sp³-hybridized carbons (Fsp3) is 0.500. The molecule has 8 nitrogen and oxygen atoms in total. The highest BCUT2D eigenvalue weighted by Gasteiger charge is 2.28. The van der Waals surface area contributed by atoms with E-state index in [1.54, 1.807) is 0 Å². The highest BCUT2D eigenvalue weighted by atomic mass is 16.5. The average molecular weight is 409 g/mol. The average Bonchev–Trinajstić information content (AvgIpc) is 3.47. The first-order chi connectivity index (χ1) is 14.6. The summed E-state index contributed by atoms with van der Waals surface area (Å²) in [7, 11) is 1.92. The lowest BCUT2D eigenvalue weighted by Gasteiger charge is -2.22. The van der Waals surface area contributed by atoms with Crippen molar-refractivity contribution in [1.82, 2.24) is 30.2 Å². The van der Waals surface area contributed by atoms with Crippen LogP contribution in [0.2, 0.25) is 0 Å². The molecule has 0 bridgehead atoms. The second-order valence-electron chi connectivity index (χ2n) is 8.49. The number of ether oxygens (including phenoxy) is 1. The van der Waals surface area contributed by atoms with Crippen LogP contribution in [0.1, 0.15) is 32.2 Å². The topological polar surface area (TPSA) is 86.0 Å². The number of amides is 1. The largest absolute Gasteiger partial charge is 0.490 e. The Labute approximate surface area is 175 Å². The molecule has 1 amide bonds. The van der Waals surface area contributed by atoms with Crippen molar-refractivity contribution in [3.8, 4) is 16.9 Å². The Hall–Kier alpha value is -2.87. The van der Waals surface area contributed by atoms with Gasteiger partial charge in [-0.15, -0.1) is 0 Å². The van der Waals surface area contributed by atoms with Crippen LogP contribution in [-0.2, 0) is 11.8 Å². The maximum atomic E-state index is 11.6. The summed E-state index contributed by atoms with van der Waals surface area (Å²) in [5, 5.41) is 16.5. The van der Waals surface area contributed by atoms with Crippen molar-refractivity contribution < 1.29 is 9.53 Å². The van der Waals surface area contributed by atoms with E-state index in [0.29, 0.717) is 19.0 Å². The molecule has 4 heterocycles. The number of carbonyl (C=O) groups is 1. The van der Waals surface area contributed by atoms with E-state index in [1.807, 2.05) is 31.0 Å². The predicted molar refractivity (Wildman–Crippen MR) is 114 cm³/mol. The van der Waals surface area contributed by atoms with Gasteiger partial charge in [0.2, 0.25) is 5.91 Å². The van der Waals surface area contributed by atoms with E-state index in [0.717, 1.165) is 53.7 Å². The lowest BCUT2D eigenvalue weighted by Crippen LogP contribution is -2.29. The molecule has 0 radical (unpaired) electrons. The first kappa shape index (κ1) is 19.1. The van der Waals surface area contributed by atoms with Gasteiger partial charge in [0.05, 0.1) is 23.1 Å². The molecule has 2 fully saturated rings. The molecule has 158 valence electrons. The van der Waals surface area contributed by atoms with Crippen LogP contribution in [0.3, 0.4) is 0 Å². The van der Waals surface area contributed by atoms with E-state index in [1.165, 1.54) is 0 Å². The predicted octanol–water partition coefficient (Wildman–Crippen LogP) is 2.26. The molecule has 1 unspecified atom stereocenters. The Kier molecular flexibility index (Phi) is 4.94. The number of rotatable bonds is 5. The third-order valence-corrected chi connectivity index (χ3v) is 6.30. The zero-order chi connectivity index (χ0) is 20.7. The van der Waals surface area contributed by atoms with Crippen LogP contribution in [-0.4, -0.2) is 51.2 Å². The Balaban J connectivity index is 1.46. The molecule has 2 aliphatic rings. The maximum Gasteiger partial charge on any atom is 0.220 e. The van der Waals surface area contributed by atoms with Crippen molar-refractivity contribution in [3.63, 3.8) is 0 Å². The van der Waals surface area contributed by atoms with Crippen LogP contribution < -0.4 is 15.4 Å². The van der Waals surface area contributed by atoms with Crippen LogP contribution in [0.5, 0.6) is 5.75 Å². The van der Waals surface area contributed by atoms with Crippen LogP contribution in [0.15, 0.2) is 30.7 Å². The SMILES string of the molecule is CC(Oc1cc(-c2cnn(C3CCNCC3)c2)cc2nn(C)cc12)[C@H]1CNC(=O)C1. The Bertz CT molecular complexity index is 1060. The number of fused-ring (bicyclic) bond motifs is 1. The molecule has 0 saturated carbocycles. The van der Waals surface area contributed by atoms with Gasteiger partial charge in [-0.25, -0.2) is 0 Å². The van der Waals surface area contributed by atoms with E-state index in [2.05, 4.69) is 43.8 Å². The summed E-state index contributed by atoms with van der Waals surface area (Å²) in [6.07, 6.45) is 8.68. The number of aryl methyl sites for hydroxylation is 1. The van der Waals surface area contributed by atoms with Gasteiger partial charge >= 0.3 is 0 Å². The summed E-state index contributed by atoms with van der Waals surface area (Å²) in [4.78, 5) is 11.6. The van der Waals surface area contributed by atoms with Gasteiger partial charge in [0.1, 0.15) is 11.9 Å². The summed E-state index contributed by atoms with van der Waals surface area (Å²) >= 11 is 0. The second kappa shape index (κ2) is 7.75. The molecule has 30 heavy (non-hydrogen) atoms. The summed E-state index contributed by atoms with van der Waals surface area (Å²) in [6.45, 7) is 4.77. The molecule has 0 spiro atoms. The molecule has 0 aliphatic carbocycles. The number of carbonyl (C=O) groups excluding carboxylic acids is 1. The second-order valence-corrected chi connectivity index (χ2v) is 8.49. The Morgan fingerprint density at radius 1 is 1.20 bits per heavy atom.